The molecule has 0 aliphatic carbocycles. The van der Waals surface area contributed by atoms with Crippen molar-refractivity contribution in [3.63, 3.8) is 0 Å². The molecule has 0 saturated carbocycles. The Hall–Kier alpha value is -11.9. The maximum atomic E-state index is 10.4. The Morgan fingerprint density at radius 3 is 1.21 bits per heavy atom. The molecule has 7 heteroatoms. The standard InChI is InChI=1S/C78H47N7/c1-80-57-37-42-60(56(44-57)49-79)54-36-43-76-68(45-54)65-26-12-17-31-75(65)85(76)77-66(50-32-38-58(39-33-50)83-71-27-13-8-22-61(71)62-23-9-14-28-72(62)83)46-55(70-48-69(52-18-4-2-5-19-52)81-78(82-70)53-20-6-3-7-21-53)47-67(77)51-34-40-59(41-35-51)84-73-29-15-10-24-63(73)64-25-11-16-30-74(64)84/h2-48H. The van der Waals surface area contributed by atoms with E-state index >= 15 is 0 Å². The van der Waals surface area contributed by atoms with Gasteiger partial charge in [0.2, 0.25) is 0 Å². The topological polar surface area (TPSA) is 68.7 Å². The van der Waals surface area contributed by atoms with E-state index in [0.29, 0.717) is 17.1 Å². The van der Waals surface area contributed by atoms with Crippen molar-refractivity contribution in [2.75, 3.05) is 0 Å². The molecule has 394 valence electrons. The maximum Gasteiger partial charge on any atom is 0.188 e. The van der Waals surface area contributed by atoms with E-state index in [-0.39, 0.29) is 0 Å². The van der Waals surface area contributed by atoms with Gasteiger partial charge in [-0.25, -0.2) is 14.8 Å². The predicted octanol–water partition coefficient (Wildman–Crippen LogP) is 20.2. The summed E-state index contributed by atoms with van der Waals surface area (Å²) in [5, 5.41) is 17.4. The quantitative estimate of drug-likeness (QED) is 0.135. The minimum atomic E-state index is 0.433. The van der Waals surface area contributed by atoms with Gasteiger partial charge >= 0.3 is 0 Å². The largest absolute Gasteiger partial charge is 0.309 e. The summed E-state index contributed by atoms with van der Waals surface area (Å²) in [5.41, 5.74) is 20.8. The number of hydrogen-bond acceptors (Lipinski definition) is 3. The van der Waals surface area contributed by atoms with Crippen molar-refractivity contribution in [1.29, 1.82) is 5.26 Å². The molecule has 0 atom stereocenters. The second-order valence-corrected chi connectivity index (χ2v) is 21.5. The third-order valence-electron chi connectivity index (χ3n) is 16.7. The smallest absolute Gasteiger partial charge is 0.188 e. The Morgan fingerprint density at radius 2 is 0.729 bits per heavy atom. The number of nitriles is 1. The average Bonchev–Trinajstić information content (AvgIpc) is 2.09. The number of fused-ring (bicyclic) bond motifs is 9. The monoisotopic (exact) mass is 1080 g/mol. The molecule has 0 unspecified atom stereocenters. The minimum absolute atomic E-state index is 0.433. The first-order valence-corrected chi connectivity index (χ1v) is 28.4. The molecular weight excluding hydrogens is 1030 g/mol. The van der Waals surface area contributed by atoms with Crippen LogP contribution in [0.15, 0.2) is 285 Å². The highest BCUT2D eigenvalue weighted by atomic mass is 15.0. The fraction of sp³-hybridized carbons (Fsp3) is 0. The number of nitrogens with zero attached hydrogens (tertiary/aromatic N) is 7. The molecule has 0 amide bonds. The Morgan fingerprint density at radius 1 is 0.318 bits per heavy atom. The van der Waals surface area contributed by atoms with Crippen molar-refractivity contribution in [1.82, 2.24) is 23.7 Å². The Bertz CT molecular complexity index is 5080. The van der Waals surface area contributed by atoms with Crippen molar-refractivity contribution in [3.8, 4) is 90.4 Å². The van der Waals surface area contributed by atoms with E-state index in [1.54, 1.807) is 12.1 Å². The second-order valence-electron chi connectivity index (χ2n) is 21.5. The van der Waals surface area contributed by atoms with Crippen LogP contribution in [0, 0.1) is 17.9 Å². The first-order chi connectivity index (χ1) is 42.1. The molecular formula is C78H47N7. The fourth-order valence-corrected chi connectivity index (χ4v) is 12.8. The number of hydrogen-bond donors (Lipinski definition) is 0. The van der Waals surface area contributed by atoms with Crippen LogP contribution in [-0.2, 0) is 0 Å². The van der Waals surface area contributed by atoms with E-state index in [1.165, 1.54) is 21.5 Å². The first-order valence-electron chi connectivity index (χ1n) is 28.4. The van der Waals surface area contributed by atoms with Gasteiger partial charge in [-0.2, -0.15) is 5.26 Å². The van der Waals surface area contributed by atoms with Gasteiger partial charge in [0.25, 0.3) is 0 Å². The summed E-state index contributed by atoms with van der Waals surface area (Å²) in [4.78, 5) is 14.4. The van der Waals surface area contributed by atoms with Crippen LogP contribution in [0.25, 0.3) is 155 Å². The molecule has 0 saturated heterocycles. The summed E-state index contributed by atoms with van der Waals surface area (Å²) in [6.45, 7) is 7.69. The van der Waals surface area contributed by atoms with E-state index < -0.39 is 0 Å². The molecule has 4 heterocycles. The van der Waals surface area contributed by atoms with Crippen LogP contribution in [0.2, 0.25) is 0 Å². The third kappa shape index (κ3) is 8.10. The highest BCUT2D eigenvalue weighted by molar-refractivity contribution is 6.13. The zero-order valence-corrected chi connectivity index (χ0v) is 45.8. The van der Waals surface area contributed by atoms with Crippen LogP contribution in [0.3, 0.4) is 0 Å². The van der Waals surface area contributed by atoms with Crippen LogP contribution in [0.1, 0.15) is 5.56 Å². The second kappa shape index (κ2) is 20.0. The molecule has 0 radical (unpaired) electrons. The van der Waals surface area contributed by atoms with E-state index in [2.05, 4.69) is 267 Å². The lowest BCUT2D eigenvalue weighted by Crippen LogP contribution is -2.03. The summed E-state index contributed by atoms with van der Waals surface area (Å²) in [6.07, 6.45) is 0. The maximum absolute atomic E-state index is 10.4. The van der Waals surface area contributed by atoms with Crippen LogP contribution in [-0.4, -0.2) is 23.7 Å². The molecule has 12 aromatic carbocycles. The van der Waals surface area contributed by atoms with Gasteiger partial charge in [0.15, 0.2) is 11.5 Å². The summed E-state index contributed by atoms with van der Waals surface area (Å²) in [5.74, 6) is 0.636. The first kappa shape index (κ1) is 49.0. The molecule has 0 fully saturated rings. The molecule has 16 rings (SSSR count). The van der Waals surface area contributed by atoms with Gasteiger partial charge < -0.3 is 13.7 Å². The van der Waals surface area contributed by atoms with Gasteiger partial charge in [0.1, 0.15) is 0 Å². The normalized spacial score (nSPS) is 11.5. The zero-order valence-electron chi connectivity index (χ0n) is 45.8. The molecule has 85 heavy (non-hydrogen) atoms. The van der Waals surface area contributed by atoms with E-state index in [1.807, 2.05) is 30.3 Å². The molecule has 7 nitrogen and oxygen atoms in total. The van der Waals surface area contributed by atoms with Crippen LogP contribution in [0.5, 0.6) is 0 Å². The minimum Gasteiger partial charge on any atom is -0.309 e. The van der Waals surface area contributed by atoms with Crippen LogP contribution >= 0.6 is 0 Å². The predicted molar refractivity (Wildman–Crippen MR) is 349 cm³/mol. The summed E-state index contributed by atoms with van der Waals surface area (Å²) in [7, 11) is 0. The molecule has 0 aliphatic rings. The Balaban J connectivity index is 0.994. The van der Waals surface area contributed by atoms with Gasteiger partial charge in [-0.1, -0.05) is 194 Å². The van der Waals surface area contributed by atoms with Gasteiger partial charge in [-0.05, 0) is 113 Å². The van der Waals surface area contributed by atoms with E-state index in [0.717, 1.165) is 122 Å². The van der Waals surface area contributed by atoms with Crippen molar-refractivity contribution in [2.24, 2.45) is 0 Å². The lowest BCUT2D eigenvalue weighted by molar-refractivity contribution is 1.16. The van der Waals surface area contributed by atoms with Crippen LogP contribution < -0.4 is 0 Å². The summed E-state index contributed by atoms with van der Waals surface area (Å²) >= 11 is 0. The Kier molecular flexibility index (Phi) is 11.5. The fourth-order valence-electron chi connectivity index (χ4n) is 12.8. The molecule has 4 aromatic heterocycles. The number of benzene rings is 12. The summed E-state index contributed by atoms with van der Waals surface area (Å²) < 4.78 is 7.16. The highest BCUT2D eigenvalue weighted by Gasteiger charge is 2.25. The molecule has 0 N–H and O–H groups in total. The van der Waals surface area contributed by atoms with Gasteiger partial charge in [0.05, 0.1) is 62.8 Å². The third-order valence-corrected chi connectivity index (χ3v) is 16.7. The summed E-state index contributed by atoms with van der Waals surface area (Å²) in [6, 6.07) is 103. The van der Waals surface area contributed by atoms with Crippen molar-refractivity contribution >= 4 is 71.1 Å². The lowest BCUT2D eigenvalue weighted by atomic mass is 9.91. The van der Waals surface area contributed by atoms with Gasteiger partial charge in [-0.3, -0.25) is 0 Å². The number of rotatable bonds is 9. The van der Waals surface area contributed by atoms with Gasteiger partial charge in [-0.15, -0.1) is 0 Å². The molecule has 0 aliphatic heterocycles. The number of para-hydroxylation sites is 5. The van der Waals surface area contributed by atoms with Crippen molar-refractivity contribution in [2.45, 2.75) is 0 Å². The number of aromatic nitrogens is 5. The molecule has 0 spiro atoms. The Labute approximate surface area is 489 Å². The lowest BCUT2D eigenvalue weighted by Gasteiger charge is -2.22. The zero-order chi connectivity index (χ0) is 56.5. The molecule has 0 bridgehead atoms. The van der Waals surface area contributed by atoms with E-state index in [9.17, 15) is 5.26 Å². The van der Waals surface area contributed by atoms with Crippen LogP contribution in [0.4, 0.5) is 5.69 Å². The van der Waals surface area contributed by atoms with E-state index in [4.69, 9.17) is 16.5 Å². The van der Waals surface area contributed by atoms with Crippen molar-refractivity contribution in [3.05, 3.63) is 302 Å². The average molecular weight is 1080 g/mol. The van der Waals surface area contributed by atoms with Gasteiger partial charge in [0, 0.05) is 77.1 Å². The molecule has 16 aromatic rings. The SMILES string of the molecule is [C-]#[N+]c1ccc(-c2ccc3c(c2)c2ccccc2n3-c2c(-c3ccc(-n4c5ccccc5c5ccccc54)cc3)cc(-c3cc(-c4ccccc4)nc(-c4ccccc4)n3)cc2-c2ccc(-n3c4ccccc4c4ccccc43)cc2)c(C#N)c1. The highest BCUT2D eigenvalue weighted by Crippen LogP contribution is 2.46. The van der Waals surface area contributed by atoms with Crippen molar-refractivity contribution < 1.29 is 0 Å².